The van der Waals surface area contributed by atoms with E-state index in [1.165, 1.54) is 38.5 Å². The third-order valence-electron chi connectivity index (χ3n) is 7.48. The van der Waals surface area contributed by atoms with Crippen molar-refractivity contribution in [2.24, 2.45) is 29.1 Å². The number of esters is 1. The molecule has 5 nitrogen and oxygen atoms in total. The van der Waals surface area contributed by atoms with Crippen molar-refractivity contribution in [2.75, 3.05) is 39.5 Å². The number of carbonyl (C=O) groups excluding carboxylic acids is 1. The molecule has 1 saturated heterocycles. The van der Waals surface area contributed by atoms with Crippen molar-refractivity contribution in [2.45, 2.75) is 64.4 Å². The Kier molecular flexibility index (Phi) is 6.10. The first-order valence-electron chi connectivity index (χ1n) is 11.2. The number of rotatable bonds is 8. The number of hydrogen-bond donors (Lipinski definition) is 1. The number of nitrogens with zero attached hydrogens (tertiary/aromatic N) is 1. The molecule has 0 aromatic carbocycles. The van der Waals surface area contributed by atoms with Gasteiger partial charge in [0.15, 0.2) is 0 Å². The maximum Gasteiger partial charge on any atom is 0.310 e. The van der Waals surface area contributed by atoms with Gasteiger partial charge in [-0.1, -0.05) is 0 Å². The molecule has 0 aromatic heterocycles. The first kappa shape index (κ1) is 19.7. The second kappa shape index (κ2) is 8.38. The van der Waals surface area contributed by atoms with Gasteiger partial charge >= 0.3 is 5.97 Å². The molecule has 0 aromatic rings. The minimum Gasteiger partial charge on any atom is -0.466 e. The number of β-amino-alcohol motifs (C(OH)–C–C–N with tert-alkyl or cyclic N) is 1. The van der Waals surface area contributed by atoms with Gasteiger partial charge in [0, 0.05) is 13.1 Å². The van der Waals surface area contributed by atoms with E-state index in [0.29, 0.717) is 31.7 Å². The van der Waals surface area contributed by atoms with Crippen LogP contribution in [0.5, 0.6) is 0 Å². The first-order valence-corrected chi connectivity index (χ1v) is 11.2. The maximum atomic E-state index is 12.0. The van der Waals surface area contributed by atoms with Crippen molar-refractivity contribution in [1.82, 2.24) is 4.90 Å². The quantitative estimate of drug-likeness (QED) is 0.657. The van der Waals surface area contributed by atoms with Gasteiger partial charge in [-0.25, -0.2) is 0 Å². The van der Waals surface area contributed by atoms with Gasteiger partial charge in [-0.2, -0.15) is 0 Å². The van der Waals surface area contributed by atoms with Crippen molar-refractivity contribution >= 4 is 5.97 Å². The number of likely N-dealkylation sites (tertiary alicyclic amines) is 1. The summed E-state index contributed by atoms with van der Waals surface area (Å²) >= 11 is 0. The number of aliphatic hydroxyl groups is 1. The lowest BCUT2D eigenvalue weighted by molar-refractivity contribution is -0.150. The van der Waals surface area contributed by atoms with E-state index in [2.05, 4.69) is 4.90 Å². The summed E-state index contributed by atoms with van der Waals surface area (Å²) in [5.41, 5.74) is 0.411. The Morgan fingerprint density at radius 3 is 2.48 bits per heavy atom. The van der Waals surface area contributed by atoms with Crippen molar-refractivity contribution < 1.29 is 19.4 Å². The molecule has 5 aliphatic rings. The fourth-order valence-corrected chi connectivity index (χ4v) is 6.90. The van der Waals surface area contributed by atoms with Crippen LogP contribution in [0.1, 0.15) is 58.3 Å². The third-order valence-corrected chi connectivity index (χ3v) is 7.48. The summed E-state index contributed by atoms with van der Waals surface area (Å²) in [5.74, 6) is 2.70. The van der Waals surface area contributed by atoms with Crippen LogP contribution in [0.3, 0.4) is 0 Å². The Morgan fingerprint density at radius 2 is 1.85 bits per heavy atom. The van der Waals surface area contributed by atoms with Crippen LogP contribution in [-0.4, -0.2) is 61.5 Å². The molecular formula is C22H37NO4. The van der Waals surface area contributed by atoms with Crippen LogP contribution in [0.25, 0.3) is 0 Å². The summed E-state index contributed by atoms with van der Waals surface area (Å²) in [6, 6.07) is 0. The molecule has 5 rings (SSSR count). The molecule has 1 aliphatic heterocycles. The molecule has 0 unspecified atom stereocenters. The van der Waals surface area contributed by atoms with E-state index in [9.17, 15) is 9.90 Å². The number of piperidine rings is 1. The number of hydrogen-bond acceptors (Lipinski definition) is 5. The normalized spacial score (nSPS) is 39.5. The standard InChI is InChI=1S/C22H37NO4/c1-2-27-21(25)19-4-3-5-23(12-19)13-20(24)14-26-15-22-9-16-6-17(10-22)8-18(7-16)11-22/h16-20,24H,2-15H2,1H3/t16?,17?,18?,19-,20+,22?/m0/s1. The van der Waals surface area contributed by atoms with Gasteiger partial charge in [0.1, 0.15) is 0 Å². The number of ether oxygens (including phenoxy) is 2. The van der Waals surface area contributed by atoms with Gasteiger partial charge in [0.2, 0.25) is 0 Å². The summed E-state index contributed by atoms with van der Waals surface area (Å²) in [6.45, 7) is 5.78. The lowest BCUT2D eigenvalue weighted by atomic mass is 9.50. The number of carbonyl (C=O) groups is 1. The Bertz CT molecular complexity index is 487. The SMILES string of the molecule is CCOC(=O)[C@H]1CCCN(C[C@@H](O)COCC23CC4CC(CC(C4)C2)C3)C1. The van der Waals surface area contributed by atoms with E-state index in [-0.39, 0.29) is 11.9 Å². The zero-order valence-corrected chi connectivity index (χ0v) is 16.9. The summed E-state index contributed by atoms with van der Waals surface area (Å²) in [4.78, 5) is 14.2. The second-order valence-corrected chi connectivity index (χ2v) is 9.94. The second-order valence-electron chi connectivity index (χ2n) is 9.94. The van der Waals surface area contributed by atoms with Gasteiger partial charge in [-0.05, 0) is 88.0 Å². The Morgan fingerprint density at radius 1 is 1.19 bits per heavy atom. The van der Waals surface area contributed by atoms with E-state index >= 15 is 0 Å². The molecule has 4 saturated carbocycles. The molecular weight excluding hydrogens is 342 g/mol. The Labute approximate surface area is 163 Å². The smallest absolute Gasteiger partial charge is 0.310 e. The predicted molar refractivity (Wildman–Crippen MR) is 103 cm³/mol. The Balaban J connectivity index is 1.19. The summed E-state index contributed by atoms with van der Waals surface area (Å²) in [6.07, 6.45) is 9.83. The molecule has 4 aliphatic carbocycles. The first-order chi connectivity index (χ1) is 13.0. The van der Waals surface area contributed by atoms with E-state index in [1.54, 1.807) is 0 Å². The van der Waals surface area contributed by atoms with Crippen molar-refractivity contribution in [1.29, 1.82) is 0 Å². The zero-order valence-electron chi connectivity index (χ0n) is 16.9. The van der Waals surface area contributed by atoms with Gasteiger partial charge in [0.25, 0.3) is 0 Å². The maximum absolute atomic E-state index is 12.0. The van der Waals surface area contributed by atoms with Crippen LogP contribution in [0, 0.1) is 29.1 Å². The van der Waals surface area contributed by atoms with Gasteiger partial charge in [-0.15, -0.1) is 0 Å². The largest absolute Gasteiger partial charge is 0.466 e. The van der Waals surface area contributed by atoms with Crippen LogP contribution in [0.15, 0.2) is 0 Å². The van der Waals surface area contributed by atoms with E-state index in [4.69, 9.17) is 9.47 Å². The highest BCUT2D eigenvalue weighted by atomic mass is 16.5. The zero-order chi connectivity index (χ0) is 18.9. The van der Waals surface area contributed by atoms with E-state index in [0.717, 1.165) is 43.7 Å². The van der Waals surface area contributed by atoms with Crippen molar-refractivity contribution in [3.8, 4) is 0 Å². The third kappa shape index (κ3) is 4.68. The molecule has 5 heteroatoms. The summed E-state index contributed by atoms with van der Waals surface area (Å²) in [5, 5.41) is 10.5. The summed E-state index contributed by atoms with van der Waals surface area (Å²) < 4.78 is 11.2. The lowest BCUT2D eigenvalue weighted by Crippen LogP contribution is -2.48. The van der Waals surface area contributed by atoms with Crippen LogP contribution < -0.4 is 0 Å². The predicted octanol–water partition coefficient (Wildman–Crippen LogP) is 2.86. The average Bonchev–Trinajstić information content (AvgIpc) is 2.61. The molecule has 27 heavy (non-hydrogen) atoms. The Hall–Kier alpha value is -0.650. The highest BCUT2D eigenvalue weighted by Gasteiger charge is 2.50. The number of aliphatic hydroxyl groups excluding tert-OH is 1. The van der Waals surface area contributed by atoms with Gasteiger partial charge < -0.3 is 14.6 Å². The van der Waals surface area contributed by atoms with Crippen LogP contribution in [0.2, 0.25) is 0 Å². The molecule has 1 heterocycles. The summed E-state index contributed by atoms with van der Waals surface area (Å²) in [7, 11) is 0. The molecule has 1 N–H and O–H groups in total. The molecule has 2 atom stereocenters. The molecule has 0 spiro atoms. The molecule has 0 amide bonds. The van der Waals surface area contributed by atoms with Crippen LogP contribution in [0.4, 0.5) is 0 Å². The van der Waals surface area contributed by atoms with Crippen LogP contribution >= 0.6 is 0 Å². The fourth-order valence-electron chi connectivity index (χ4n) is 6.90. The topological polar surface area (TPSA) is 59.0 Å². The van der Waals surface area contributed by atoms with Crippen LogP contribution in [-0.2, 0) is 14.3 Å². The minimum absolute atomic E-state index is 0.0427. The fraction of sp³-hybridized carbons (Fsp3) is 0.955. The van der Waals surface area contributed by atoms with Crippen molar-refractivity contribution in [3.05, 3.63) is 0 Å². The highest BCUT2D eigenvalue weighted by Crippen LogP contribution is 2.60. The van der Waals surface area contributed by atoms with E-state index in [1.807, 2.05) is 6.92 Å². The minimum atomic E-state index is -0.472. The molecule has 5 fully saturated rings. The average molecular weight is 380 g/mol. The monoisotopic (exact) mass is 379 g/mol. The molecule has 0 radical (unpaired) electrons. The van der Waals surface area contributed by atoms with Crippen molar-refractivity contribution in [3.63, 3.8) is 0 Å². The lowest BCUT2D eigenvalue weighted by Gasteiger charge is -2.56. The van der Waals surface area contributed by atoms with E-state index < -0.39 is 6.10 Å². The highest BCUT2D eigenvalue weighted by molar-refractivity contribution is 5.72. The van der Waals surface area contributed by atoms with Gasteiger partial charge in [0.05, 0.1) is 31.8 Å². The molecule has 154 valence electrons. The van der Waals surface area contributed by atoms with Gasteiger partial charge in [-0.3, -0.25) is 9.69 Å². The molecule has 4 bridgehead atoms.